The third kappa shape index (κ3) is 3.59. The van der Waals surface area contributed by atoms with Crippen LogP contribution >= 0.6 is 22.7 Å². The van der Waals surface area contributed by atoms with E-state index in [4.69, 9.17) is 10.1 Å². The predicted molar refractivity (Wildman–Crippen MR) is 137 cm³/mol. The molecule has 0 fully saturated rings. The zero-order valence-corrected chi connectivity index (χ0v) is 19.7. The molecule has 166 valence electrons. The first-order chi connectivity index (χ1) is 16.7. The fraction of sp³-hybridized carbons (Fsp3) is 0.154. The number of fused-ring (bicyclic) bond motifs is 3. The lowest BCUT2D eigenvalue weighted by molar-refractivity contribution is 0.700. The summed E-state index contributed by atoms with van der Waals surface area (Å²) in [4.78, 5) is 23.6. The number of nitriles is 1. The lowest BCUT2D eigenvalue weighted by atomic mass is 9.97. The van der Waals surface area contributed by atoms with Crippen LogP contribution in [0.2, 0.25) is 0 Å². The average Bonchev–Trinajstić information content (AvgIpc) is 3.61. The fourth-order valence-corrected chi connectivity index (χ4v) is 6.40. The number of hydrogen-bond donors (Lipinski definition) is 1. The first-order valence-electron chi connectivity index (χ1n) is 11.1. The molecule has 6 rings (SSSR count). The van der Waals surface area contributed by atoms with Gasteiger partial charge >= 0.3 is 0 Å². The normalized spacial score (nSPS) is 13.7. The van der Waals surface area contributed by atoms with Crippen LogP contribution in [0, 0.1) is 11.3 Å². The summed E-state index contributed by atoms with van der Waals surface area (Å²) in [6.45, 7) is 0. The van der Waals surface area contributed by atoms with Crippen molar-refractivity contribution in [3.05, 3.63) is 86.2 Å². The van der Waals surface area contributed by atoms with Crippen molar-refractivity contribution >= 4 is 44.5 Å². The largest absolute Gasteiger partial charge is 0.305 e. The van der Waals surface area contributed by atoms with Crippen molar-refractivity contribution in [2.24, 2.45) is 0 Å². The smallest absolute Gasteiger partial charge is 0.260 e. The summed E-state index contributed by atoms with van der Waals surface area (Å²) in [5.74, 6) is 0.295. The van der Waals surface area contributed by atoms with Crippen LogP contribution in [0.1, 0.15) is 34.7 Å². The average molecular weight is 482 g/mol. The fourth-order valence-electron chi connectivity index (χ4n) is 4.41. The lowest BCUT2D eigenvalue weighted by Gasteiger charge is -2.09. The highest BCUT2D eigenvalue weighted by atomic mass is 32.1. The van der Waals surface area contributed by atoms with E-state index in [1.165, 1.54) is 4.88 Å². The summed E-state index contributed by atoms with van der Waals surface area (Å²) in [5.41, 5.74) is 3.77. The molecule has 4 heterocycles. The Morgan fingerprint density at radius 2 is 2.00 bits per heavy atom. The first-order valence-corrected chi connectivity index (χ1v) is 12.8. The Bertz CT molecular complexity index is 1630. The molecule has 1 aliphatic rings. The van der Waals surface area contributed by atoms with Gasteiger partial charge < -0.3 is 4.98 Å². The second kappa shape index (κ2) is 8.52. The monoisotopic (exact) mass is 481 g/mol. The van der Waals surface area contributed by atoms with Crippen LogP contribution in [0.5, 0.6) is 0 Å². The van der Waals surface area contributed by atoms with E-state index in [2.05, 4.69) is 11.1 Å². The zero-order chi connectivity index (χ0) is 23.1. The van der Waals surface area contributed by atoms with Crippen molar-refractivity contribution in [3.63, 3.8) is 0 Å². The van der Waals surface area contributed by atoms with Crippen molar-refractivity contribution in [1.29, 1.82) is 5.26 Å². The summed E-state index contributed by atoms with van der Waals surface area (Å²) in [5, 5.41) is 17.5. The SMILES string of the molecule is N#C/C(=C\c1cn(-c2ccccc2)nc1-c1cccs1)c1nc2sc3c(c2c(=O)[nH]1)CCCC3. The Kier molecular flexibility index (Phi) is 5.21. The van der Waals surface area contributed by atoms with Crippen LogP contribution in [0.15, 0.2) is 58.8 Å². The highest BCUT2D eigenvalue weighted by molar-refractivity contribution is 7.18. The van der Waals surface area contributed by atoms with Gasteiger partial charge in [-0.05, 0) is 60.9 Å². The van der Waals surface area contributed by atoms with Crippen molar-refractivity contribution < 1.29 is 0 Å². The summed E-state index contributed by atoms with van der Waals surface area (Å²) >= 11 is 3.17. The molecule has 8 heteroatoms. The van der Waals surface area contributed by atoms with Crippen LogP contribution in [0.4, 0.5) is 0 Å². The van der Waals surface area contributed by atoms with Gasteiger partial charge in [0.2, 0.25) is 0 Å². The topological polar surface area (TPSA) is 87.4 Å². The van der Waals surface area contributed by atoms with Crippen LogP contribution in [0.25, 0.3) is 38.1 Å². The second-order valence-corrected chi connectivity index (χ2v) is 10.2. The molecule has 5 aromatic rings. The number of nitrogens with one attached hydrogen (secondary N) is 1. The van der Waals surface area contributed by atoms with E-state index in [0.717, 1.165) is 53.1 Å². The van der Waals surface area contributed by atoms with Crippen LogP contribution < -0.4 is 5.56 Å². The maximum atomic E-state index is 13.0. The minimum atomic E-state index is -0.168. The van der Waals surface area contributed by atoms with Gasteiger partial charge in [0, 0.05) is 16.6 Å². The number of allylic oxidation sites excluding steroid dienone is 1. The predicted octanol–water partition coefficient (Wildman–Crippen LogP) is 5.84. The maximum absolute atomic E-state index is 13.0. The molecule has 0 aliphatic heterocycles. The molecule has 0 amide bonds. The maximum Gasteiger partial charge on any atom is 0.260 e. The van der Waals surface area contributed by atoms with Gasteiger partial charge in [-0.3, -0.25) is 4.79 Å². The molecule has 0 spiro atoms. The Morgan fingerprint density at radius 1 is 1.15 bits per heavy atom. The second-order valence-electron chi connectivity index (χ2n) is 8.17. The summed E-state index contributed by atoms with van der Waals surface area (Å²) < 4.78 is 1.81. The van der Waals surface area contributed by atoms with Gasteiger partial charge in [-0.25, -0.2) is 9.67 Å². The van der Waals surface area contributed by atoms with E-state index >= 15 is 0 Å². The molecule has 0 radical (unpaired) electrons. The van der Waals surface area contributed by atoms with Gasteiger partial charge in [-0.2, -0.15) is 10.4 Å². The molecule has 0 unspecified atom stereocenters. The number of hydrogen-bond acceptors (Lipinski definition) is 6. The number of rotatable bonds is 4. The zero-order valence-electron chi connectivity index (χ0n) is 18.1. The van der Waals surface area contributed by atoms with Gasteiger partial charge in [-0.1, -0.05) is 24.3 Å². The molecule has 1 N–H and O–H groups in total. The van der Waals surface area contributed by atoms with E-state index in [0.29, 0.717) is 21.6 Å². The Hall–Kier alpha value is -3.80. The van der Waals surface area contributed by atoms with Gasteiger partial charge in [0.25, 0.3) is 5.56 Å². The molecule has 6 nitrogen and oxygen atoms in total. The van der Waals surface area contributed by atoms with Gasteiger partial charge in [0.15, 0.2) is 5.82 Å². The quantitative estimate of drug-likeness (QED) is 0.327. The molecule has 4 aromatic heterocycles. The van der Waals surface area contributed by atoms with Crippen LogP contribution in [0.3, 0.4) is 0 Å². The van der Waals surface area contributed by atoms with E-state index in [1.54, 1.807) is 28.7 Å². The highest BCUT2D eigenvalue weighted by Gasteiger charge is 2.21. The molecule has 0 saturated carbocycles. The number of benzene rings is 1. The Balaban J connectivity index is 1.49. The van der Waals surface area contributed by atoms with Crippen LogP contribution in [-0.4, -0.2) is 19.7 Å². The number of para-hydroxylation sites is 1. The van der Waals surface area contributed by atoms with E-state index in [-0.39, 0.29) is 5.56 Å². The first kappa shape index (κ1) is 20.8. The van der Waals surface area contributed by atoms with Crippen molar-refractivity contribution in [3.8, 4) is 22.3 Å². The Labute approximate surface area is 203 Å². The standard InChI is InChI=1S/C26H19N5OS2/c27-14-16(24-28-25(32)22-19-9-4-5-10-20(19)34-26(22)29-24)13-17-15-31(18-7-2-1-3-8-18)30-23(17)21-11-6-12-33-21/h1-3,6-8,11-13,15H,4-5,9-10H2,(H,28,29,32)/b16-13+. The molecule has 0 atom stereocenters. The van der Waals surface area contributed by atoms with Gasteiger partial charge in [0.1, 0.15) is 16.6 Å². The summed E-state index contributed by atoms with van der Waals surface area (Å²) in [6.07, 6.45) is 7.82. The third-order valence-electron chi connectivity index (χ3n) is 6.02. The number of aryl methyl sites for hydroxylation is 2. The van der Waals surface area contributed by atoms with Gasteiger partial charge in [0.05, 0.1) is 21.5 Å². The molecular formula is C26H19N5OS2. The Morgan fingerprint density at radius 3 is 2.79 bits per heavy atom. The number of H-pyrrole nitrogens is 1. The van der Waals surface area contributed by atoms with Crippen molar-refractivity contribution in [2.75, 3.05) is 0 Å². The van der Waals surface area contributed by atoms with Gasteiger partial charge in [-0.15, -0.1) is 22.7 Å². The molecule has 1 aliphatic carbocycles. The number of aromatic amines is 1. The highest BCUT2D eigenvalue weighted by Crippen LogP contribution is 2.34. The lowest BCUT2D eigenvalue weighted by Crippen LogP contribution is -2.12. The van der Waals surface area contributed by atoms with Crippen molar-refractivity contribution in [2.45, 2.75) is 25.7 Å². The minimum absolute atomic E-state index is 0.168. The molecular weight excluding hydrogens is 462 g/mol. The van der Waals surface area contributed by atoms with E-state index in [1.807, 2.05) is 58.7 Å². The number of aromatic nitrogens is 4. The van der Waals surface area contributed by atoms with E-state index in [9.17, 15) is 10.1 Å². The number of nitrogens with zero attached hydrogens (tertiary/aromatic N) is 4. The molecule has 34 heavy (non-hydrogen) atoms. The third-order valence-corrected chi connectivity index (χ3v) is 8.08. The minimum Gasteiger partial charge on any atom is -0.305 e. The van der Waals surface area contributed by atoms with Crippen molar-refractivity contribution in [1.82, 2.24) is 19.7 Å². The van der Waals surface area contributed by atoms with E-state index < -0.39 is 0 Å². The number of thiophene rings is 2. The molecule has 0 saturated heterocycles. The summed E-state index contributed by atoms with van der Waals surface area (Å²) in [6, 6.07) is 16.1. The summed E-state index contributed by atoms with van der Waals surface area (Å²) in [7, 11) is 0. The molecule has 0 bridgehead atoms. The molecule has 1 aromatic carbocycles. The van der Waals surface area contributed by atoms with Crippen LogP contribution in [-0.2, 0) is 12.8 Å².